The monoisotopic (exact) mass is 389 g/mol. The average Bonchev–Trinajstić information content (AvgIpc) is 2.80. The van der Waals surface area contributed by atoms with E-state index in [4.69, 9.17) is 4.74 Å². The van der Waals surface area contributed by atoms with Crippen LogP contribution in [0.1, 0.15) is 12.8 Å². The molecule has 3 heterocycles. The number of piperidine rings is 1. The minimum absolute atomic E-state index is 0.0189. The van der Waals surface area contributed by atoms with Gasteiger partial charge in [0.05, 0.1) is 19.0 Å². The van der Waals surface area contributed by atoms with E-state index < -0.39 is 0 Å². The maximum absolute atomic E-state index is 12.9. The van der Waals surface area contributed by atoms with E-state index in [-0.39, 0.29) is 11.8 Å². The number of ether oxygens (including phenoxy) is 1. The summed E-state index contributed by atoms with van der Waals surface area (Å²) in [6, 6.07) is 9.65. The van der Waals surface area contributed by atoms with Crippen LogP contribution in [0.25, 0.3) is 11.1 Å². The summed E-state index contributed by atoms with van der Waals surface area (Å²) in [4.78, 5) is 27.7. The predicted octanol–water partition coefficient (Wildman–Crippen LogP) is 3.40. The number of anilines is 2. The zero-order valence-electron chi connectivity index (χ0n) is 16.3. The summed E-state index contributed by atoms with van der Waals surface area (Å²) in [6.07, 6.45) is 10.2. The van der Waals surface area contributed by atoms with Crippen molar-refractivity contribution >= 4 is 17.4 Å². The lowest BCUT2D eigenvalue weighted by molar-refractivity contribution is -0.120. The number of nitrogens with zero attached hydrogens (tertiary/aromatic N) is 4. The molecule has 0 atom stereocenters. The smallest absolute Gasteiger partial charge is 0.227 e. The summed E-state index contributed by atoms with van der Waals surface area (Å²) in [5.41, 5.74) is 2.64. The fraction of sp³-hybridized carbons (Fsp3) is 0.273. The molecular weight excluding hydrogens is 366 g/mol. The molecule has 0 spiro atoms. The standard InChI is InChI=1S/C22H23N5O2/c1-29-20-5-4-17(18-3-2-8-23-14-18)13-19(20)26-22(28)16-6-11-27(12-7-16)21-15-24-9-10-25-21/h2-5,8-10,13-16H,6-7,11-12H2,1H3,(H,26,28). The van der Waals surface area contributed by atoms with Crippen LogP contribution in [0.5, 0.6) is 5.75 Å². The first-order valence-electron chi connectivity index (χ1n) is 9.65. The molecule has 0 saturated carbocycles. The summed E-state index contributed by atoms with van der Waals surface area (Å²) in [6.45, 7) is 1.56. The molecule has 1 aromatic carbocycles. The Kier molecular flexibility index (Phi) is 5.65. The maximum Gasteiger partial charge on any atom is 0.227 e. The highest BCUT2D eigenvalue weighted by Gasteiger charge is 2.26. The molecule has 1 N–H and O–H groups in total. The van der Waals surface area contributed by atoms with Gasteiger partial charge < -0.3 is 15.0 Å². The molecule has 0 aliphatic carbocycles. The van der Waals surface area contributed by atoms with Gasteiger partial charge in [-0.25, -0.2) is 4.98 Å². The van der Waals surface area contributed by atoms with Gasteiger partial charge in [0, 0.05) is 49.4 Å². The Hall–Kier alpha value is -3.48. The van der Waals surface area contributed by atoms with Gasteiger partial charge in [-0.3, -0.25) is 14.8 Å². The lowest BCUT2D eigenvalue weighted by atomic mass is 9.95. The topological polar surface area (TPSA) is 80.2 Å². The van der Waals surface area contributed by atoms with Crippen molar-refractivity contribution in [3.63, 3.8) is 0 Å². The third-order valence-electron chi connectivity index (χ3n) is 5.19. The molecule has 7 nitrogen and oxygen atoms in total. The Bertz CT molecular complexity index is 957. The van der Waals surface area contributed by atoms with Crippen molar-refractivity contribution in [1.82, 2.24) is 15.0 Å². The molecule has 1 amide bonds. The van der Waals surface area contributed by atoms with Crippen LogP contribution < -0.4 is 15.0 Å². The van der Waals surface area contributed by atoms with E-state index in [0.29, 0.717) is 11.4 Å². The van der Waals surface area contributed by atoms with Crippen LogP contribution in [-0.2, 0) is 4.79 Å². The number of hydrogen-bond donors (Lipinski definition) is 1. The van der Waals surface area contributed by atoms with Crippen LogP contribution in [0, 0.1) is 5.92 Å². The molecule has 7 heteroatoms. The predicted molar refractivity (Wildman–Crippen MR) is 112 cm³/mol. The molecule has 1 saturated heterocycles. The zero-order chi connectivity index (χ0) is 20.1. The minimum Gasteiger partial charge on any atom is -0.495 e. The molecule has 3 aromatic rings. The molecule has 0 radical (unpaired) electrons. The highest BCUT2D eigenvalue weighted by Crippen LogP contribution is 2.31. The van der Waals surface area contributed by atoms with Gasteiger partial charge >= 0.3 is 0 Å². The van der Waals surface area contributed by atoms with E-state index in [9.17, 15) is 4.79 Å². The molecule has 148 valence electrons. The van der Waals surface area contributed by atoms with Gasteiger partial charge in [0.1, 0.15) is 11.6 Å². The lowest BCUT2D eigenvalue weighted by Gasteiger charge is -2.31. The van der Waals surface area contributed by atoms with Gasteiger partial charge in [0.25, 0.3) is 0 Å². The van der Waals surface area contributed by atoms with Crippen molar-refractivity contribution in [1.29, 1.82) is 0 Å². The molecule has 0 bridgehead atoms. The fourth-order valence-corrected chi connectivity index (χ4v) is 3.58. The Morgan fingerprint density at radius 2 is 1.90 bits per heavy atom. The zero-order valence-corrected chi connectivity index (χ0v) is 16.3. The van der Waals surface area contributed by atoms with Gasteiger partial charge in [0.2, 0.25) is 5.91 Å². The Balaban J connectivity index is 1.44. The average molecular weight is 389 g/mol. The van der Waals surface area contributed by atoms with E-state index in [2.05, 4.69) is 25.2 Å². The van der Waals surface area contributed by atoms with Crippen LogP contribution in [0.4, 0.5) is 11.5 Å². The van der Waals surface area contributed by atoms with Crippen LogP contribution >= 0.6 is 0 Å². The highest BCUT2D eigenvalue weighted by molar-refractivity contribution is 5.95. The molecule has 1 fully saturated rings. The van der Waals surface area contributed by atoms with Crippen LogP contribution in [-0.4, -0.2) is 41.1 Å². The second kappa shape index (κ2) is 8.68. The van der Waals surface area contributed by atoms with Crippen LogP contribution in [0.15, 0.2) is 61.3 Å². The number of nitrogens with one attached hydrogen (secondary N) is 1. The number of hydrogen-bond acceptors (Lipinski definition) is 6. The molecule has 2 aromatic heterocycles. The Morgan fingerprint density at radius 1 is 1.07 bits per heavy atom. The molecule has 1 aliphatic heterocycles. The molecule has 0 unspecified atom stereocenters. The maximum atomic E-state index is 12.9. The summed E-state index contributed by atoms with van der Waals surface area (Å²) in [5, 5.41) is 3.07. The van der Waals surface area contributed by atoms with Crippen LogP contribution in [0.3, 0.4) is 0 Å². The number of carbonyl (C=O) groups excluding carboxylic acids is 1. The molecule has 1 aliphatic rings. The number of rotatable bonds is 5. The van der Waals surface area contributed by atoms with E-state index in [1.807, 2.05) is 30.3 Å². The summed E-state index contributed by atoms with van der Waals surface area (Å²) >= 11 is 0. The van der Waals surface area contributed by atoms with Crippen molar-refractivity contribution in [2.24, 2.45) is 5.92 Å². The third-order valence-corrected chi connectivity index (χ3v) is 5.19. The number of amides is 1. The van der Waals surface area contributed by atoms with E-state index in [1.54, 1.807) is 38.1 Å². The first-order valence-corrected chi connectivity index (χ1v) is 9.65. The first kappa shape index (κ1) is 18.9. The Labute approximate surface area is 169 Å². The minimum atomic E-state index is -0.0466. The number of benzene rings is 1. The number of aromatic nitrogens is 3. The number of pyridine rings is 1. The van der Waals surface area contributed by atoms with Crippen molar-refractivity contribution in [2.45, 2.75) is 12.8 Å². The fourth-order valence-electron chi connectivity index (χ4n) is 3.58. The molecular formula is C22H23N5O2. The second-order valence-corrected chi connectivity index (χ2v) is 6.97. The highest BCUT2D eigenvalue weighted by atomic mass is 16.5. The third kappa shape index (κ3) is 4.34. The van der Waals surface area contributed by atoms with Crippen molar-refractivity contribution in [3.05, 3.63) is 61.3 Å². The van der Waals surface area contributed by atoms with Gasteiger partial charge in [0.15, 0.2) is 0 Å². The lowest BCUT2D eigenvalue weighted by Crippen LogP contribution is -2.38. The van der Waals surface area contributed by atoms with Gasteiger partial charge in [-0.1, -0.05) is 12.1 Å². The Morgan fingerprint density at radius 3 is 2.59 bits per heavy atom. The number of carbonyl (C=O) groups is 1. The summed E-state index contributed by atoms with van der Waals surface area (Å²) in [5.74, 6) is 1.47. The molecule has 29 heavy (non-hydrogen) atoms. The van der Waals surface area contributed by atoms with E-state index in [0.717, 1.165) is 42.9 Å². The van der Waals surface area contributed by atoms with Gasteiger partial charge in [-0.15, -0.1) is 0 Å². The second-order valence-electron chi connectivity index (χ2n) is 6.97. The van der Waals surface area contributed by atoms with Crippen molar-refractivity contribution in [3.8, 4) is 16.9 Å². The summed E-state index contributed by atoms with van der Waals surface area (Å²) in [7, 11) is 1.61. The van der Waals surface area contributed by atoms with Crippen molar-refractivity contribution in [2.75, 3.05) is 30.4 Å². The van der Waals surface area contributed by atoms with E-state index in [1.165, 1.54) is 0 Å². The molecule has 4 rings (SSSR count). The van der Waals surface area contributed by atoms with Gasteiger partial charge in [-0.05, 0) is 36.6 Å². The van der Waals surface area contributed by atoms with Gasteiger partial charge in [-0.2, -0.15) is 0 Å². The largest absolute Gasteiger partial charge is 0.495 e. The number of methoxy groups -OCH3 is 1. The van der Waals surface area contributed by atoms with E-state index >= 15 is 0 Å². The first-order chi connectivity index (χ1) is 14.2. The van der Waals surface area contributed by atoms with Crippen LogP contribution in [0.2, 0.25) is 0 Å². The quantitative estimate of drug-likeness (QED) is 0.720. The summed E-state index contributed by atoms with van der Waals surface area (Å²) < 4.78 is 5.45. The SMILES string of the molecule is COc1ccc(-c2cccnc2)cc1NC(=O)C1CCN(c2cnccn2)CC1. The van der Waals surface area contributed by atoms with Crippen molar-refractivity contribution < 1.29 is 9.53 Å². The normalized spacial score (nSPS) is 14.4.